The Morgan fingerprint density at radius 2 is 1.86 bits per heavy atom. The molecule has 4 N–H and O–H groups in total. The van der Waals surface area contributed by atoms with Crippen molar-refractivity contribution in [2.75, 3.05) is 7.05 Å². The van der Waals surface area contributed by atoms with Gasteiger partial charge in [0.1, 0.15) is 11.2 Å². The normalized spacial score (nSPS) is 20.5. The minimum absolute atomic E-state index is 0.0270. The minimum atomic E-state index is -3.75. The molecule has 2 aromatic carbocycles. The molecule has 182 valence electrons. The number of nitrogens with one attached hydrogen (secondary N) is 2. The molecular weight excluding hydrogens is 466 g/mol. The molecule has 0 bridgehead atoms. The molecule has 2 heterocycles. The van der Waals surface area contributed by atoms with E-state index in [2.05, 4.69) is 10.7 Å². The van der Waals surface area contributed by atoms with Gasteiger partial charge in [0.05, 0.1) is 10.4 Å². The lowest BCUT2D eigenvalue weighted by atomic mass is 9.91. The molecule has 1 atom stereocenters. The number of amides is 2. The Morgan fingerprint density at radius 3 is 2.49 bits per heavy atom. The number of carbonyl (C=O) groups excluding carboxylic acids is 2. The summed E-state index contributed by atoms with van der Waals surface area (Å²) in [5, 5.41) is 5.04. The summed E-state index contributed by atoms with van der Waals surface area (Å²) >= 11 is 0. The zero-order valence-corrected chi connectivity index (χ0v) is 20.3. The van der Waals surface area contributed by atoms with Crippen molar-refractivity contribution in [1.29, 1.82) is 0 Å². The topological polar surface area (TPSA) is 127 Å². The van der Waals surface area contributed by atoms with Gasteiger partial charge in [0.15, 0.2) is 0 Å². The molecular formula is C25H27N5O4S. The van der Waals surface area contributed by atoms with E-state index in [0.717, 1.165) is 29.4 Å². The number of hydrogen-bond donors (Lipinski definition) is 3. The SMILES string of the molecule is CNC(=O)C1=CC(C(N)=O)(C2CC2)N(Cc2ccc3c(ccn3S(=O)(=O)c3ccc(C)cc3)c2)N1. The highest BCUT2D eigenvalue weighted by molar-refractivity contribution is 7.90. The van der Waals surface area contributed by atoms with Crippen LogP contribution in [0, 0.1) is 12.8 Å². The van der Waals surface area contributed by atoms with Gasteiger partial charge in [0, 0.05) is 25.2 Å². The van der Waals surface area contributed by atoms with E-state index in [9.17, 15) is 18.0 Å². The van der Waals surface area contributed by atoms with E-state index in [0.29, 0.717) is 12.1 Å². The van der Waals surface area contributed by atoms with Gasteiger partial charge in [-0.05, 0) is 67.7 Å². The first-order valence-corrected chi connectivity index (χ1v) is 12.8. The van der Waals surface area contributed by atoms with E-state index in [-0.39, 0.29) is 22.4 Å². The van der Waals surface area contributed by atoms with Crippen molar-refractivity contribution in [3.8, 4) is 0 Å². The van der Waals surface area contributed by atoms with Crippen LogP contribution < -0.4 is 16.5 Å². The lowest BCUT2D eigenvalue weighted by Crippen LogP contribution is -2.58. The van der Waals surface area contributed by atoms with Crippen LogP contribution in [0.5, 0.6) is 0 Å². The van der Waals surface area contributed by atoms with Gasteiger partial charge >= 0.3 is 0 Å². The van der Waals surface area contributed by atoms with Crippen LogP contribution in [-0.2, 0) is 26.2 Å². The van der Waals surface area contributed by atoms with Crippen LogP contribution in [-0.4, -0.2) is 41.8 Å². The van der Waals surface area contributed by atoms with Crippen molar-refractivity contribution in [1.82, 2.24) is 19.7 Å². The third-order valence-electron chi connectivity index (χ3n) is 6.77. The molecule has 35 heavy (non-hydrogen) atoms. The summed E-state index contributed by atoms with van der Waals surface area (Å²) in [5.74, 6) is -0.811. The van der Waals surface area contributed by atoms with Crippen LogP contribution in [0.1, 0.15) is 24.0 Å². The second-order valence-electron chi connectivity index (χ2n) is 9.12. The highest BCUT2D eigenvalue weighted by Gasteiger charge is 2.56. The van der Waals surface area contributed by atoms with Gasteiger partial charge in [-0.1, -0.05) is 23.8 Å². The summed E-state index contributed by atoms with van der Waals surface area (Å²) in [6.07, 6.45) is 4.87. The summed E-state index contributed by atoms with van der Waals surface area (Å²) in [5.41, 5.74) is 10.5. The Bertz CT molecular complexity index is 1470. The number of rotatable bonds is 7. The number of fused-ring (bicyclic) bond motifs is 1. The van der Waals surface area contributed by atoms with Crippen molar-refractivity contribution in [3.63, 3.8) is 0 Å². The standard InChI is InChI=1S/C25H27N5O4S/c1-16-3-8-20(9-4-16)35(33,34)29-12-11-18-13-17(5-10-22(18)29)15-30-25(24(26)32,19-6-7-19)14-21(28-30)23(31)27-2/h3-5,8-14,19,28H,6-7,15H2,1-2H3,(H2,26,32)(H,27,31). The summed E-state index contributed by atoms with van der Waals surface area (Å²) in [6, 6.07) is 13.9. The van der Waals surface area contributed by atoms with Crippen molar-refractivity contribution in [2.24, 2.45) is 11.7 Å². The molecule has 2 aliphatic rings. The number of primary amides is 1. The maximum Gasteiger partial charge on any atom is 0.268 e. The van der Waals surface area contributed by atoms with Crippen LogP contribution in [0.15, 0.2) is 71.4 Å². The van der Waals surface area contributed by atoms with Crippen molar-refractivity contribution >= 4 is 32.7 Å². The number of aryl methyl sites for hydroxylation is 1. The largest absolute Gasteiger partial charge is 0.368 e. The molecule has 0 saturated heterocycles. The maximum absolute atomic E-state index is 13.2. The Labute approximate surface area is 203 Å². The van der Waals surface area contributed by atoms with Crippen molar-refractivity contribution in [3.05, 3.63) is 77.6 Å². The molecule has 2 amide bonds. The molecule has 10 heteroatoms. The number of aromatic nitrogens is 1. The van der Waals surface area contributed by atoms with E-state index in [1.54, 1.807) is 53.7 Å². The van der Waals surface area contributed by atoms with Crippen LogP contribution >= 0.6 is 0 Å². The molecule has 0 radical (unpaired) electrons. The molecule has 5 rings (SSSR count). The Hall–Kier alpha value is -3.63. The van der Waals surface area contributed by atoms with Crippen molar-refractivity contribution in [2.45, 2.75) is 36.7 Å². The average molecular weight is 494 g/mol. The van der Waals surface area contributed by atoms with E-state index in [4.69, 9.17) is 5.73 Å². The van der Waals surface area contributed by atoms with Gasteiger partial charge in [0.25, 0.3) is 15.9 Å². The van der Waals surface area contributed by atoms with Crippen LogP contribution in [0.4, 0.5) is 0 Å². The van der Waals surface area contributed by atoms with E-state index < -0.39 is 21.5 Å². The number of nitrogens with two attached hydrogens (primary N) is 1. The van der Waals surface area contributed by atoms with Gasteiger partial charge < -0.3 is 16.5 Å². The van der Waals surface area contributed by atoms with E-state index in [1.165, 1.54) is 11.0 Å². The van der Waals surface area contributed by atoms with E-state index in [1.807, 2.05) is 19.1 Å². The van der Waals surface area contributed by atoms with Gasteiger partial charge in [-0.2, -0.15) is 5.01 Å². The molecule has 1 aromatic heterocycles. The lowest BCUT2D eigenvalue weighted by molar-refractivity contribution is -0.130. The molecule has 3 aromatic rings. The summed E-state index contributed by atoms with van der Waals surface area (Å²) in [6.45, 7) is 2.20. The second-order valence-corrected chi connectivity index (χ2v) is 10.9. The zero-order valence-electron chi connectivity index (χ0n) is 19.5. The summed E-state index contributed by atoms with van der Waals surface area (Å²) in [7, 11) is -2.22. The predicted molar refractivity (Wildman–Crippen MR) is 131 cm³/mol. The monoisotopic (exact) mass is 493 g/mol. The quantitative estimate of drug-likeness (QED) is 0.461. The Balaban J connectivity index is 1.47. The zero-order chi connectivity index (χ0) is 25.0. The van der Waals surface area contributed by atoms with Gasteiger partial charge in [-0.3, -0.25) is 9.59 Å². The van der Waals surface area contributed by atoms with Crippen LogP contribution in [0.25, 0.3) is 10.9 Å². The van der Waals surface area contributed by atoms with E-state index >= 15 is 0 Å². The first kappa shape index (κ1) is 23.1. The fraction of sp³-hybridized carbons (Fsp3) is 0.280. The van der Waals surface area contributed by atoms with Crippen LogP contribution in [0.2, 0.25) is 0 Å². The molecule has 1 fully saturated rings. The number of hydrazine groups is 1. The first-order chi connectivity index (χ1) is 16.7. The fourth-order valence-electron chi connectivity index (χ4n) is 4.74. The summed E-state index contributed by atoms with van der Waals surface area (Å²) in [4.78, 5) is 25.1. The predicted octanol–water partition coefficient (Wildman–Crippen LogP) is 1.77. The van der Waals surface area contributed by atoms with Gasteiger partial charge in [-0.25, -0.2) is 12.4 Å². The first-order valence-electron chi connectivity index (χ1n) is 11.4. The Morgan fingerprint density at radius 1 is 1.14 bits per heavy atom. The Kier molecular flexibility index (Phi) is 5.45. The highest BCUT2D eigenvalue weighted by Crippen LogP contribution is 2.46. The molecule has 0 spiro atoms. The lowest BCUT2D eigenvalue weighted by Gasteiger charge is -2.35. The fourth-order valence-corrected chi connectivity index (χ4v) is 6.09. The maximum atomic E-state index is 13.2. The van der Waals surface area contributed by atoms with Gasteiger partial charge in [-0.15, -0.1) is 0 Å². The molecule has 1 aliphatic carbocycles. The highest BCUT2D eigenvalue weighted by atomic mass is 32.2. The third-order valence-corrected chi connectivity index (χ3v) is 8.47. The number of nitrogens with zero attached hydrogens (tertiary/aromatic N) is 2. The number of likely N-dealkylation sites (N-methyl/N-ethyl adjacent to an activating group) is 1. The number of hydrogen-bond acceptors (Lipinski definition) is 6. The number of carbonyl (C=O) groups is 2. The molecule has 9 nitrogen and oxygen atoms in total. The third kappa shape index (κ3) is 3.78. The smallest absolute Gasteiger partial charge is 0.268 e. The average Bonchev–Trinajstić information content (AvgIpc) is 3.48. The van der Waals surface area contributed by atoms with Crippen LogP contribution in [0.3, 0.4) is 0 Å². The minimum Gasteiger partial charge on any atom is -0.368 e. The molecule has 1 saturated carbocycles. The summed E-state index contributed by atoms with van der Waals surface area (Å²) < 4.78 is 27.7. The number of benzene rings is 2. The molecule has 1 unspecified atom stereocenters. The molecule has 1 aliphatic heterocycles. The van der Waals surface area contributed by atoms with Gasteiger partial charge in [0.2, 0.25) is 5.91 Å². The van der Waals surface area contributed by atoms with Crippen molar-refractivity contribution < 1.29 is 18.0 Å². The second kappa shape index (κ2) is 8.24.